The predicted octanol–water partition coefficient (Wildman–Crippen LogP) is 1.54. The van der Waals surface area contributed by atoms with Crippen LogP contribution in [0.4, 0.5) is 0 Å². The number of amides is 1. The molecular weight excluding hydrogens is 252 g/mol. The van der Waals surface area contributed by atoms with Crippen molar-refractivity contribution in [2.45, 2.75) is 24.2 Å². The summed E-state index contributed by atoms with van der Waals surface area (Å²) in [5, 5.41) is 11.2. The number of carboxylic acids is 1. The molecule has 18 heavy (non-hydrogen) atoms. The number of carboxylic acid groups (broad SMARTS) is 1. The van der Waals surface area contributed by atoms with Crippen molar-refractivity contribution in [3.63, 3.8) is 0 Å². The van der Waals surface area contributed by atoms with Gasteiger partial charge in [-0.2, -0.15) is 0 Å². The highest BCUT2D eigenvalue weighted by Gasteiger charge is 2.02. The highest BCUT2D eigenvalue weighted by molar-refractivity contribution is 8.00. The number of carbonyl (C=O) groups is 2. The molecule has 0 aliphatic heterocycles. The van der Waals surface area contributed by atoms with Gasteiger partial charge in [-0.3, -0.25) is 14.6 Å². The number of hydrogen-bond donors (Lipinski definition) is 2. The van der Waals surface area contributed by atoms with Gasteiger partial charge in [-0.05, 0) is 25.0 Å². The third kappa shape index (κ3) is 6.90. The maximum Gasteiger partial charge on any atom is 0.303 e. The maximum atomic E-state index is 11.4. The summed E-state index contributed by atoms with van der Waals surface area (Å²) in [6.45, 7) is 0.531. The Morgan fingerprint density at radius 1 is 1.28 bits per heavy atom. The van der Waals surface area contributed by atoms with E-state index in [9.17, 15) is 9.59 Å². The number of aromatic nitrogens is 1. The van der Waals surface area contributed by atoms with E-state index in [-0.39, 0.29) is 12.3 Å². The molecule has 1 rings (SSSR count). The molecule has 0 fully saturated rings. The number of thioether (sulfide) groups is 1. The van der Waals surface area contributed by atoms with Crippen LogP contribution in [-0.4, -0.2) is 34.3 Å². The molecule has 1 amide bonds. The molecule has 0 unspecified atom stereocenters. The molecule has 98 valence electrons. The van der Waals surface area contributed by atoms with Gasteiger partial charge in [0.05, 0.1) is 5.75 Å². The van der Waals surface area contributed by atoms with E-state index in [2.05, 4.69) is 10.3 Å². The van der Waals surface area contributed by atoms with Crippen molar-refractivity contribution < 1.29 is 14.7 Å². The highest BCUT2D eigenvalue weighted by atomic mass is 32.2. The number of rotatable bonds is 8. The summed E-state index contributed by atoms with van der Waals surface area (Å²) in [6.07, 6.45) is 4.81. The van der Waals surface area contributed by atoms with Crippen LogP contribution in [0.2, 0.25) is 0 Å². The van der Waals surface area contributed by atoms with Crippen molar-refractivity contribution in [3.05, 3.63) is 24.5 Å². The molecule has 0 aliphatic carbocycles. The first kappa shape index (κ1) is 14.5. The van der Waals surface area contributed by atoms with Gasteiger partial charge in [0.15, 0.2) is 0 Å². The van der Waals surface area contributed by atoms with Crippen molar-refractivity contribution in [3.8, 4) is 0 Å². The molecule has 1 aromatic heterocycles. The van der Waals surface area contributed by atoms with E-state index in [1.165, 1.54) is 11.8 Å². The summed E-state index contributed by atoms with van der Waals surface area (Å²) in [4.78, 5) is 26.6. The van der Waals surface area contributed by atoms with E-state index in [1.54, 1.807) is 12.4 Å². The van der Waals surface area contributed by atoms with Gasteiger partial charge in [0.25, 0.3) is 0 Å². The average molecular weight is 268 g/mol. The van der Waals surface area contributed by atoms with Crippen LogP contribution in [0.15, 0.2) is 29.4 Å². The maximum absolute atomic E-state index is 11.4. The van der Waals surface area contributed by atoms with Gasteiger partial charge in [0, 0.05) is 30.3 Å². The minimum absolute atomic E-state index is 0.0351. The van der Waals surface area contributed by atoms with Gasteiger partial charge < -0.3 is 10.4 Å². The first-order valence-electron chi connectivity index (χ1n) is 5.70. The minimum Gasteiger partial charge on any atom is -0.481 e. The van der Waals surface area contributed by atoms with Crippen LogP contribution < -0.4 is 5.32 Å². The molecular formula is C12H16N2O3S. The molecule has 0 aromatic carbocycles. The molecule has 0 bridgehead atoms. The summed E-state index contributed by atoms with van der Waals surface area (Å²) in [6, 6.07) is 3.70. The highest BCUT2D eigenvalue weighted by Crippen LogP contribution is 2.15. The quantitative estimate of drug-likeness (QED) is 0.552. The molecule has 0 saturated carbocycles. The Morgan fingerprint density at radius 2 is 2.00 bits per heavy atom. The molecule has 0 saturated heterocycles. The molecule has 0 aliphatic rings. The summed E-state index contributed by atoms with van der Waals surface area (Å²) in [7, 11) is 0. The Morgan fingerprint density at radius 3 is 2.67 bits per heavy atom. The zero-order valence-corrected chi connectivity index (χ0v) is 10.8. The number of carbonyl (C=O) groups excluding carboxylic acids is 1. The Labute approximate surface area is 110 Å². The molecule has 0 atom stereocenters. The molecule has 5 nitrogen and oxygen atoms in total. The molecule has 1 aromatic rings. The fourth-order valence-electron chi connectivity index (χ4n) is 1.26. The van der Waals surface area contributed by atoms with E-state index in [4.69, 9.17) is 5.11 Å². The third-order valence-electron chi connectivity index (χ3n) is 2.16. The molecule has 2 N–H and O–H groups in total. The van der Waals surface area contributed by atoms with E-state index in [0.29, 0.717) is 25.1 Å². The second kappa shape index (κ2) is 8.52. The summed E-state index contributed by atoms with van der Waals surface area (Å²) >= 11 is 1.45. The zero-order valence-electron chi connectivity index (χ0n) is 9.96. The topological polar surface area (TPSA) is 79.3 Å². The normalized spacial score (nSPS) is 10.0. The second-order valence-corrected chi connectivity index (χ2v) is 4.72. The SMILES string of the molecule is O=C(O)CCCCNC(=O)CSc1ccncc1. The van der Waals surface area contributed by atoms with Gasteiger partial charge in [-0.15, -0.1) is 11.8 Å². The Kier molecular flexibility index (Phi) is 6.86. The number of nitrogens with zero attached hydrogens (tertiary/aromatic N) is 1. The molecule has 0 spiro atoms. The lowest BCUT2D eigenvalue weighted by Gasteiger charge is -2.04. The van der Waals surface area contributed by atoms with Crippen molar-refractivity contribution in [2.75, 3.05) is 12.3 Å². The largest absolute Gasteiger partial charge is 0.481 e. The minimum atomic E-state index is -0.797. The fourth-order valence-corrected chi connectivity index (χ4v) is 1.98. The smallest absolute Gasteiger partial charge is 0.303 e. The Hall–Kier alpha value is -1.56. The fraction of sp³-hybridized carbons (Fsp3) is 0.417. The number of pyridine rings is 1. The molecule has 6 heteroatoms. The summed E-state index contributed by atoms with van der Waals surface area (Å²) < 4.78 is 0. The van der Waals surface area contributed by atoms with Crippen LogP contribution >= 0.6 is 11.8 Å². The number of aliphatic carboxylic acids is 1. The third-order valence-corrected chi connectivity index (χ3v) is 3.17. The number of hydrogen-bond acceptors (Lipinski definition) is 4. The Balaban J connectivity index is 2.06. The lowest BCUT2D eigenvalue weighted by atomic mass is 10.2. The second-order valence-electron chi connectivity index (χ2n) is 3.67. The van der Waals surface area contributed by atoms with E-state index < -0.39 is 5.97 Å². The van der Waals surface area contributed by atoms with Crippen molar-refractivity contribution >= 4 is 23.6 Å². The molecule has 1 heterocycles. The van der Waals surface area contributed by atoms with Gasteiger partial charge in [-0.1, -0.05) is 0 Å². The van der Waals surface area contributed by atoms with Crippen LogP contribution in [-0.2, 0) is 9.59 Å². The monoisotopic (exact) mass is 268 g/mol. The van der Waals surface area contributed by atoms with E-state index in [1.807, 2.05) is 12.1 Å². The van der Waals surface area contributed by atoms with Crippen LogP contribution in [0.25, 0.3) is 0 Å². The lowest BCUT2D eigenvalue weighted by molar-refractivity contribution is -0.137. The average Bonchev–Trinajstić information content (AvgIpc) is 2.37. The Bertz CT molecular complexity index is 384. The first-order chi connectivity index (χ1) is 8.68. The predicted molar refractivity (Wildman–Crippen MR) is 69.5 cm³/mol. The standard InChI is InChI=1S/C12H16N2O3S/c15-11(14-6-2-1-3-12(16)17)9-18-10-4-7-13-8-5-10/h4-5,7-8H,1-3,6,9H2,(H,14,15)(H,16,17). The van der Waals surface area contributed by atoms with Crippen molar-refractivity contribution in [1.29, 1.82) is 0 Å². The van der Waals surface area contributed by atoms with Crippen LogP contribution in [0.1, 0.15) is 19.3 Å². The molecule has 0 radical (unpaired) electrons. The van der Waals surface area contributed by atoms with E-state index >= 15 is 0 Å². The van der Waals surface area contributed by atoms with Crippen LogP contribution in [0.3, 0.4) is 0 Å². The summed E-state index contributed by atoms with van der Waals surface area (Å²) in [5.41, 5.74) is 0. The van der Waals surface area contributed by atoms with Gasteiger partial charge >= 0.3 is 5.97 Å². The van der Waals surface area contributed by atoms with E-state index in [0.717, 1.165) is 4.90 Å². The van der Waals surface area contributed by atoms with Crippen LogP contribution in [0.5, 0.6) is 0 Å². The summed E-state index contributed by atoms with van der Waals surface area (Å²) in [5.74, 6) is -0.468. The van der Waals surface area contributed by atoms with Crippen molar-refractivity contribution in [2.24, 2.45) is 0 Å². The van der Waals surface area contributed by atoms with Crippen LogP contribution in [0, 0.1) is 0 Å². The zero-order chi connectivity index (χ0) is 13.2. The lowest BCUT2D eigenvalue weighted by Crippen LogP contribution is -2.26. The van der Waals surface area contributed by atoms with Gasteiger partial charge in [0.2, 0.25) is 5.91 Å². The number of unbranched alkanes of at least 4 members (excludes halogenated alkanes) is 1. The van der Waals surface area contributed by atoms with Gasteiger partial charge in [-0.25, -0.2) is 0 Å². The number of nitrogens with one attached hydrogen (secondary N) is 1. The first-order valence-corrected chi connectivity index (χ1v) is 6.68. The van der Waals surface area contributed by atoms with Gasteiger partial charge in [0.1, 0.15) is 0 Å². The van der Waals surface area contributed by atoms with Crippen molar-refractivity contribution in [1.82, 2.24) is 10.3 Å².